The van der Waals surface area contributed by atoms with Crippen molar-refractivity contribution in [3.63, 3.8) is 0 Å². The van der Waals surface area contributed by atoms with E-state index in [1.807, 2.05) is 13.8 Å². The molecule has 0 bridgehead atoms. The van der Waals surface area contributed by atoms with Gasteiger partial charge in [-0.2, -0.15) is 4.31 Å². The van der Waals surface area contributed by atoms with Crippen LogP contribution in [0.2, 0.25) is 0 Å². The normalized spacial score (nSPS) is 17.5. The zero-order chi connectivity index (χ0) is 16.3. The third-order valence-corrected chi connectivity index (χ3v) is 5.67. The summed E-state index contributed by atoms with van der Waals surface area (Å²) in [5, 5.41) is 0. The molecule has 1 fully saturated rings. The molecular weight excluding hydrogens is 310 g/mol. The number of sulfonamides is 1. The first-order valence-corrected chi connectivity index (χ1v) is 8.67. The Morgan fingerprint density at radius 3 is 2.45 bits per heavy atom. The van der Waals surface area contributed by atoms with E-state index in [1.165, 1.54) is 14.8 Å². The Kier molecular flexibility index (Phi) is 5.31. The minimum atomic E-state index is -3.90. The van der Waals surface area contributed by atoms with Gasteiger partial charge in [-0.1, -0.05) is 5.57 Å². The van der Waals surface area contributed by atoms with Crippen molar-refractivity contribution in [2.75, 3.05) is 32.7 Å². The van der Waals surface area contributed by atoms with Gasteiger partial charge < -0.3 is 4.90 Å². The molecule has 7 heteroatoms. The smallest absolute Gasteiger partial charge is 0.246 e. The number of nitrogens with zero attached hydrogens (tertiary/aromatic N) is 1. The molecule has 1 aliphatic rings. The van der Waals surface area contributed by atoms with Gasteiger partial charge in [0.25, 0.3) is 0 Å². The highest BCUT2D eigenvalue weighted by Gasteiger charge is 2.32. The van der Waals surface area contributed by atoms with Gasteiger partial charge in [-0.05, 0) is 32.1 Å². The van der Waals surface area contributed by atoms with Gasteiger partial charge in [0.2, 0.25) is 10.0 Å². The van der Waals surface area contributed by atoms with E-state index in [0.29, 0.717) is 32.2 Å². The van der Waals surface area contributed by atoms with Crippen LogP contribution in [0, 0.1) is 11.6 Å². The standard InChI is InChI=1S/C15H20F2N2O2S/c1-12(2)5-6-18-7-9-19(10-8-18)22(20,21)15-4-3-13(16)11-14(15)17/h3-5,11H,6-10H2,1-2H3/p+1. The van der Waals surface area contributed by atoms with Crippen LogP contribution in [0.25, 0.3) is 0 Å². The molecule has 1 heterocycles. The number of allylic oxidation sites excluding steroid dienone is 1. The molecule has 0 spiro atoms. The molecular formula is C15H21F2N2O2S+. The predicted molar refractivity (Wildman–Crippen MR) is 80.1 cm³/mol. The Labute approximate surface area is 130 Å². The topological polar surface area (TPSA) is 41.8 Å². The maximum Gasteiger partial charge on any atom is 0.246 e. The predicted octanol–water partition coefficient (Wildman–Crippen LogP) is 0.820. The Morgan fingerprint density at radius 1 is 1.27 bits per heavy atom. The lowest BCUT2D eigenvalue weighted by Gasteiger charge is -2.31. The van der Waals surface area contributed by atoms with E-state index in [4.69, 9.17) is 0 Å². The van der Waals surface area contributed by atoms with Crippen LogP contribution in [0.1, 0.15) is 13.8 Å². The number of nitrogens with one attached hydrogen (secondary N) is 1. The van der Waals surface area contributed by atoms with Crippen molar-refractivity contribution in [1.82, 2.24) is 4.31 Å². The van der Waals surface area contributed by atoms with Crippen LogP contribution in [-0.4, -0.2) is 45.4 Å². The number of rotatable bonds is 4. The van der Waals surface area contributed by atoms with Crippen molar-refractivity contribution in [3.05, 3.63) is 41.5 Å². The number of hydrogen-bond donors (Lipinski definition) is 1. The second-order valence-electron chi connectivity index (χ2n) is 5.71. The minimum absolute atomic E-state index is 0.338. The van der Waals surface area contributed by atoms with Crippen molar-refractivity contribution >= 4 is 10.0 Å². The second-order valence-corrected chi connectivity index (χ2v) is 7.62. The lowest BCUT2D eigenvalue weighted by molar-refractivity contribution is -0.897. The fourth-order valence-corrected chi connectivity index (χ4v) is 3.91. The maximum absolute atomic E-state index is 13.7. The SMILES string of the molecule is CC(C)=CC[NH+]1CCN(S(=O)(=O)c2ccc(F)cc2F)CC1. The van der Waals surface area contributed by atoms with Gasteiger partial charge in [0.1, 0.15) is 16.5 Å². The van der Waals surface area contributed by atoms with Crippen LogP contribution in [-0.2, 0) is 10.0 Å². The summed E-state index contributed by atoms with van der Waals surface area (Å²) in [4.78, 5) is 0.842. The van der Waals surface area contributed by atoms with E-state index in [2.05, 4.69) is 6.08 Å². The highest BCUT2D eigenvalue weighted by Crippen LogP contribution is 2.20. The van der Waals surface area contributed by atoms with Gasteiger partial charge in [0, 0.05) is 6.07 Å². The van der Waals surface area contributed by atoms with Gasteiger partial charge in [-0.3, -0.25) is 0 Å². The van der Waals surface area contributed by atoms with Gasteiger partial charge in [-0.25, -0.2) is 17.2 Å². The molecule has 122 valence electrons. The molecule has 0 unspecified atom stereocenters. The first kappa shape index (κ1) is 17.1. The van der Waals surface area contributed by atoms with Crippen LogP contribution in [0.4, 0.5) is 8.78 Å². The van der Waals surface area contributed by atoms with Gasteiger partial charge in [0.15, 0.2) is 0 Å². The molecule has 0 aromatic heterocycles. The fourth-order valence-electron chi connectivity index (χ4n) is 2.42. The summed E-state index contributed by atoms with van der Waals surface area (Å²) in [6.45, 7) is 6.93. The van der Waals surface area contributed by atoms with E-state index in [0.717, 1.165) is 18.7 Å². The summed E-state index contributed by atoms with van der Waals surface area (Å²) in [5.41, 5.74) is 1.23. The van der Waals surface area contributed by atoms with Crippen LogP contribution in [0.15, 0.2) is 34.7 Å². The minimum Gasteiger partial charge on any atom is -0.329 e. The zero-order valence-corrected chi connectivity index (χ0v) is 13.6. The molecule has 0 amide bonds. The average molecular weight is 331 g/mol. The molecule has 1 aliphatic heterocycles. The molecule has 2 rings (SSSR count). The third-order valence-electron chi connectivity index (χ3n) is 3.74. The Bertz CT molecular complexity index is 662. The average Bonchev–Trinajstić information content (AvgIpc) is 2.45. The van der Waals surface area contributed by atoms with E-state index in [1.54, 1.807) is 0 Å². The molecule has 4 nitrogen and oxygen atoms in total. The molecule has 1 aromatic rings. The number of hydrogen-bond acceptors (Lipinski definition) is 2. The quantitative estimate of drug-likeness (QED) is 0.830. The molecule has 0 radical (unpaired) electrons. The van der Waals surface area contributed by atoms with Gasteiger partial charge >= 0.3 is 0 Å². The third kappa shape index (κ3) is 3.91. The van der Waals surface area contributed by atoms with Crippen LogP contribution >= 0.6 is 0 Å². The zero-order valence-electron chi connectivity index (χ0n) is 12.8. The molecule has 0 atom stereocenters. The fraction of sp³-hybridized carbons (Fsp3) is 0.467. The first-order chi connectivity index (χ1) is 10.3. The van der Waals surface area contributed by atoms with Crippen molar-refractivity contribution in [2.45, 2.75) is 18.7 Å². The van der Waals surface area contributed by atoms with Gasteiger partial charge in [0.05, 0.1) is 32.7 Å². The molecule has 1 saturated heterocycles. The monoisotopic (exact) mass is 331 g/mol. The van der Waals surface area contributed by atoms with Crippen molar-refractivity contribution < 1.29 is 22.1 Å². The van der Waals surface area contributed by atoms with E-state index >= 15 is 0 Å². The molecule has 0 aliphatic carbocycles. The number of piperazine rings is 1. The molecule has 22 heavy (non-hydrogen) atoms. The highest BCUT2D eigenvalue weighted by atomic mass is 32.2. The Morgan fingerprint density at radius 2 is 1.91 bits per heavy atom. The Balaban J connectivity index is 2.08. The van der Waals surface area contributed by atoms with Gasteiger partial charge in [-0.15, -0.1) is 0 Å². The number of halogens is 2. The van der Waals surface area contributed by atoms with Crippen LogP contribution < -0.4 is 4.90 Å². The molecule has 1 N–H and O–H groups in total. The first-order valence-electron chi connectivity index (χ1n) is 7.23. The van der Waals surface area contributed by atoms with Crippen molar-refractivity contribution in [3.8, 4) is 0 Å². The number of benzene rings is 1. The second kappa shape index (κ2) is 6.85. The van der Waals surface area contributed by atoms with E-state index in [-0.39, 0.29) is 0 Å². The summed E-state index contributed by atoms with van der Waals surface area (Å²) < 4.78 is 52.8. The number of quaternary nitrogens is 1. The maximum atomic E-state index is 13.7. The summed E-state index contributed by atoms with van der Waals surface area (Å²) in [6.07, 6.45) is 2.12. The van der Waals surface area contributed by atoms with Crippen LogP contribution in [0.3, 0.4) is 0 Å². The highest BCUT2D eigenvalue weighted by molar-refractivity contribution is 7.89. The Hall–Kier alpha value is -1.31. The summed E-state index contributed by atoms with van der Waals surface area (Å²) in [7, 11) is -3.90. The molecule has 0 saturated carbocycles. The summed E-state index contributed by atoms with van der Waals surface area (Å²) in [5.74, 6) is -1.83. The van der Waals surface area contributed by atoms with Crippen LogP contribution in [0.5, 0.6) is 0 Å². The van der Waals surface area contributed by atoms with Crippen molar-refractivity contribution in [2.24, 2.45) is 0 Å². The van der Waals surface area contributed by atoms with E-state index < -0.39 is 26.6 Å². The van der Waals surface area contributed by atoms with E-state index in [9.17, 15) is 17.2 Å². The molecule has 1 aromatic carbocycles. The van der Waals surface area contributed by atoms with Crippen molar-refractivity contribution in [1.29, 1.82) is 0 Å². The lowest BCUT2D eigenvalue weighted by Crippen LogP contribution is -3.14. The lowest BCUT2D eigenvalue weighted by atomic mass is 10.3. The largest absolute Gasteiger partial charge is 0.329 e. The summed E-state index contributed by atoms with van der Waals surface area (Å²) in [6, 6.07) is 2.55. The summed E-state index contributed by atoms with van der Waals surface area (Å²) >= 11 is 0.